The van der Waals surface area contributed by atoms with Gasteiger partial charge in [-0.25, -0.2) is 15.0 Å². The highest BCUT2D eigenvalue weighted by atomic mass is 32.1. The Balaban J connectivity index is 1.21. The molecule has 0 aliphatic rings. The van der Waals surface area contributed by atoms with Crippen LogP contribution in [0.15, 0.2) is 188 Å². The molecule has 0 saturated heterocycles. The van der Waals surface area contributed by atoms with Crippen LogP contribution in [-0.4, -0.2) is 15.0 Å². The standard InChI is InChI=1S/C53H31N3S2/c1-2-14-32(15-3-1)37-30-28-33-16-4-6-18-35(33)47(37)42-31-29-34-17-5-7-19-36(34)48(42)53-55-51(43-24-12-22-40-38-20-8-10-26-45(38)57-49(40)43)54-52(56-53)44-25-13-23-41-39-21-9-11-27-46(39)58-50(41)44/h1-31H. The highest BCUT2D eigenvalue weighted by molar-refractivity contribution is 7.26. The second kappa shape index (κ2) is 13.3. The van der Waals surface area contributed by atoms with Gasteiger partial charge in [-0.05, 0) is 68.1 Å². The molecule has 0 aliphatic carbocycles. The Morgan fingerprint density at radius 2 is 0.724 bits per heavy atom. The largest absolute Gasteiger partial charge is 0.208 e. The number of rotatable bonds is 5. The van der Waals surface area contributed by atoms with Crippen molar-refractivity contribution in [3.05, 3.63) is 188 Å². The summed E-state index contributed by atoms with van der Waals surface area (Å²) in [7, 11) is 0. The van der Waals surface area contributed by atoms with Crippen molar-refractivity contribution >= 4 is 84.6 Å². The highest BCUT2D eigenvalue weighted by Gasteiger charge is 2.24. The molecule has 0 N–H and O–H groups in total. The van der Waals surface area contributed by atoms with Crippen LogP contribution >= 0.6 is 22.7 Å². The van der Waals surface area contributed by atoms with Gasteiger partial charge in [0.15, 0.2) is 17.5 Å². The van der Waals surface area contributed by atoms with Crippen LogP contribution in [0.25, 0.3) is 118 Å². The summed E-state index contributed by atoms with van der Waals surface area (Å²) in [5.41, 5.74) is 7.56. The molecule has 0 fully saturated rings. The molecule has 0 atom stereocenters. The van der Waals surface area contributed by atoms with Gasteiger partial charge in [-0.15, -0.1) is 22.7 Å². The van der Waals surface area contributed by atoms with E-state index in [1.165, 1.54) is 51.1 Å². The van der Waals surface area contributed by atoms with Gasteiger partial charge in [-0.2, -0.15) is 0 Å². The Kier molecular flexibility index (Phi) is 7.58. The van der Waals surface area contributed by atoms with Gasteiger partial charge in [0, 0.05) is 57.0 Å². The van der Waals surface area contributed by atoms with Crippen molar-refractivity contribution in [1.29, 1.82) is 0 Å². The average Bonchev–Trinajstić information content (AvgIpc) is 3.87. The number of hydrogen-bond acceptors (Lipinski definition) is 5. The fraction of sp³-hybridized carbons (Fsp3) is 0. The van der Waals surface area contributed by atoms with Gasteiger partial charge in [-0.3, -0.25) is 0 Å². The van der Waals surface area contributed by atoms with Crippen LogP contribution in [-0.2, 0) is 0 Å². The number of aromatic nitrogens is 3. The van der Waals surface area contributed by atoms with E-state index in [-0.39, 0.29) is 0 Å². The van der Waals surface area contributed by atoms with E-state index in [2.05, 4.69) is 188 Å². The fourth-order valence-corrected chi connectivity index (χ4v) is 11.1. The lowest BCUT2D eigenvalue weighted by atomic mass is 9.85. The summed E-state index contributed by atoms with van der Waals surface area (Å²) in [6.07, 6.45) is 0. The molecule has 9 aromatic carbocycles. The van der Waals surface area contributed by atoms with Crippen molar-refractivity contribution < 1.29 is 0 Å². The first kappa shape index (κ1) is 33.1. The van der Waals surface area contributed by atoms with Crippen molar-refractivity contribution in [2.24, 2.45) is 0 Å². The summed E-state index contributed by atoms with van der Waals surface area (Å²) in [6, 6.07) is 67.4. The first-order valence-electron chi connectivity index (χ1n) is 19.4. The topological polar surface area (TPSA) is 38.7 Å². The Bertz CT molecular complexity index is 3450. The van der Waals surface area contributed by atoms with E-state index in [4.69, 9.17) is 15.0 Å². The zero-order valence-corrected chi connectivity index (χ0v) is 32.7. The van der Waals surface area contributed by atoms with E-state index >= 15 is 0 Å². The predicted octanol–water partition coefficient (Wildman–Crippen LogP) is 15.2. The molecule has 12 aromatic rings. The number of hydrogen-bond donors (Lipinski definition) is 0. The minimum absolute atomic E-state index is 0.648. The summed E-state index contributed by atoms with van der Waals surface area (Å²) >= 11 is 3.59. The van der Waals surface area contributed by atoms with Crippen LogP contribution < -0.4 is 0 Å². The SMILES string of the molecule is c1ccc(-c2ccc3ccccc3c2-c2ccc3ccccc3c2-c2nc(-c3cccc4c3sc3ccccc34)nc(-c3cccc4c3sc3ccccc34)n2)cc1. The number of thiophene rings is 2. The molecule has 12 rings (SSSR count). The summed E-state index contributed by atoms with van der Waals surface area (Å²) in [4.78, 5) is 16.5. The summed E-state index contributed by atoms with van der Waals surface area (Å²) in [5.74, 6) is 1.97. The van der Waals surface area contributed by atoms with Crippen molar-refractivity contribution in [3.63, 3.8) is 0 Å². The van der Waals surface area contributed by atoms with Crippen LogP contribution in [0.2, 0.25) is 0 Å². The molecule has 0 amide bonds. The highest BCUT2D eigenvalue weighted by Crippen LogP contribution is 2.47. The molecule has 0 radical (unpaired) electrons. The molecular formula is C53H31N3S2. The Morgan fingerprint density at radius 1 is 0.276 bits per heavy atom. The molecule has 5 heteroatoms. The normalized spacial score (nSPS) is 11.8. The summed E-state index contributed by atoms with van der Waals surface area (Å²) in [6.45, 7) is 0. The molecule has 3 nitrogen and oxygen atoms in total. The minimum Gasteiger partial charge on any atom is -0.208 e. The summed E-state index contributed by atoms with van der Waals surface area (Å²) in [5, 5.41) is 9.50. The molecule has 0 spiro atoms. The third-order valence-corrected chi connectivity index (χ3v) is 13.8. The Hall–Kier alpha value is -7.05. The molecule has 3 aromatic heterocycles. The second-order valence-electron chi connectivity index (χ2n) is 14.7. The van der Waals surface area contributed by atoms with Gasteiger partial charge in [0.2, 0.25) is 0 Å². The first-order chi connectivity index (χ1) is 28.8. The van der Waals surface area contributed by atoms with Crippen molar-refractivity contribution in [3.8, 4) is 56.4 Å². The lowest BCUT2D eigenvalue weighted by molar-refractivity contribution is 1.08. The van der Waals surface area contributed by atoms with Crippen LogP contribution in [0.5, 0.6) is 0 Å². The van der Waals surface area contributed by atoms with E-state index < -0.39 is 0 Å². The molecule has 0 unspecified atom stereocenters. The van der Waals surface area contributed by atoms with Crippen LogP contribution in [0.4, 0.5) is 0 Å². The zero-order chi connectivity index (χ0) is 38.2. The minimum atomic E-state index is 0.648. The van der Waals surface area contributed by atoms with Crippen molar-refractivity contribution in [2.75, 3.05) is 0 Å². The molecule has 3 heterocycles. The van der Waals surface area contributed by atoms with Gasteiger partial charge in [0.25, 0.3) is 0 Å². The van der Waals surface area contributed by atoms with Crippen molar-refractivity contribution in [2.45, 2.75) is 0 Å². The molecule has 58 heavy (non-hydrogen) atoms. The van der Waals surface area contributed by atoms with Crippen LogP contribution in [0.1, 0.15) is 0 Å². The van der Waals surface area contributed by atoms with Gasteiger partial charge in [0.1, 0.15) is 0 Å². The molecule has 0 aliphatic heterocycles. The quantitative estimate of drug-likeness (QED) is 0.175. The van der Waals surface area contributed by atoms with Gasteiger partial charge >= 0.3 is 0 Å². The van der Waals surface area contributed by atoms with Gasteiger partial charge in [0.05, 0.1) is 0 Å². The Morgan fingerprint density at radius 3 is 1.31 bits per heavy atom. The monoisotopic (exact) mass is 773 g/mol. The molecule has 0 bridgehead atoms. The maximum atomic E-state index is 5.55. The fourth-order valence-electron chi connectivity index (χ4n) is 8.72. The van der Waals surface area contributed by atoms with Crippen LogP contribution in [0, 0.1) is 0 Å². The van der Waals surface area contributed by atoms with E-state index in [0.29, 0.717) is 17.5 Å². The molecule has 0 saturated carbocycles. The number of benzene rings is 9. The lowest BCUT2D eigenvalue weighted by Gasteiger charge is -2.19. The first-order valence-corrected chi connectivity index (χ1v) is 21.1. The van der Waals surface area contributed by atoms with E-state index in [9.17, 15) is 0 Å². The van der Waals surface area contributed by atoms with E-state index in [1.807, 2.05) is 0 Å². The zero-order valence-electron chi connectivity index (χ0n) is 31.1. The number of nitrogens with zero attached hydrogens (tertiary/aromatic N) is 3. The van der Waals surface area contributed by atoms with Gasteiger partial charge in [-0.1, -0.05) is 164 Å². The van der Waals surface area contributed by atoms with Crippen molar-refractivity contribution in [1.82, 2.24) is 15.0 Å². The summed E-state index contributed by atoms with van der Waals surface area (Å²) < 4.78 is 4.83. The van der Waals surface area contributed by atoms with E-state index in [1.54, 1.807) is 22.7 Å². The van der Waals surface area contributed by atoms with Crippen LogP contribution in [0.3, 0.4) is 0 Å². The third kappa shape index (κ3) is 5.21. The van der Waals surface area contributed by atoms with E-state index in [0.717, 1.165) is 49.7 Å². The molecule has 270 valence electrons. The maximum absolute atomic E-state index is 5.55. The average molecular weight is 774 g/mol. The lowest BCUT2D eigenvalue weighted by Crippen LogP contribution is -2.02. The smallest absolute Gasteiger partial charge is 0.165 e. The number of fused-ring (bicyclic) bond motifs is 8. The maximum Gasteiger partial charge on any atom is 0.165 e. The Labute approximate surface area is 342 Å². The predicted molar refractivity (Wildman–Crippen MR) is 248 cm³/mol. The molecular weight excluding hydrogens is 743 g/mol. The second-order valence-corrected chi connectivity index (χ2v) is 16.8. The third-order valence-electron chi connectivity index (χ3n) is 11.4. The van der Waals surface area contributed by atoms with Gasteiger partial charge < -0.3 is 0 Å².